The first-order chi connectivity index (χ1) is 7.17. The zero-order valence-electron chi connectivity index (χ0n) is 9.57. The van der Waals surface area contributed by atoms with Crippen molar-refractivity contribution >= 4 is 5.82 Å². The Morgan fingerprint density at radius 2 is 2.27 bits per heavy atom. The number of hydrogen-bond acceptors (Lipinski definition) is 3. The first-order valence-electron chi connectivity index (χ1n) is 5.25. The molecule has 0 amide bonds. The van der Waals surface area contributed by atoms with Crippen LogP contribution in [0.2, 0.25) is 0 Å². The molecule has 3 nitrogen and oxygen atoms in total. The average molecular weight is 203 g/mol. The summed E-state index contributed by atoms with van der Waals surface area (Å²) in [6, 6.07) is 8.21. The van der Waals surface area contributed by atoms with E-state index in [1.54, 1.807) is 0 Å². The molecular weight excluding hydrogens is 186 g/mol. The predicted octanol–water partition coefficient (Wildman–Crippen LogP) is 2.38. The zero-order valence-corrected chi connectivity index (χ0v) is 9.57. The van der Waals surface area contributed by atoms with Crippen LogP contribution in [-0.2, 0) is 0 Å². The molecule has 1 rings (SSSR count). The Morgan fingerprint density at radius 3 is 2.80 bits per heavy atom. The van der Waals surface area contributed by atoms with Crippen LogP contribution in [0.25, 0.3) is 0 Å². The summed E-state index contributed by atoms with van der Waals surface area (Å²) in [4.78, 5) is 6.57. The van der Waals surface area contributed by atoms with Crippen LogP contribution in [0.1, 0.15) is 19.5 Å². The number of hydrogen-bond donors (Lipinski definition) is 0. The standard InChI is InChI=1S/C12H17N3/c1-4-15(9-10(2)8-13)12-7-5-6-11(3)14-12/h5-7,10H,4,9H2,1-3H3. The van der Waals surface area contributed by atoms with Crippen LogP contribution >= 0.6 is 0 Å². The zero-order chi connectivity index (χ0) is 11.3. The van der Waals surface area contributed by atoms with Crippen molar-refractivity contribution in [1.29, 1.82) is 5.26 Å². The van der Waals surface area contributed by atoms with Crippen LogP contribution in [0.5, 0.6) is 0 Å². The van der Waals surface area contributed by atoms with E-state index in [0.717, 1.165) is 24.6 Å². The molecule has 15 heavy (non-hydrogen) atoms. The molecule has 0 N–H and O–H groups in total. The van der Waals surface area contributed by atoms with Gasteiger partial charge in [0.2, 0.25) is 0 Å². The molecule has 0 saturated carbocycles. The van der Waals surface area contributed by atoms with Crippen LogP contribution in [-0.4, -0.2) is 18.1 Å². The van der Waals surface area contributed by atoms with Gasteiger partial charge in [0.1, 0.15) is 5.82 Å². The van der Waals surface area contributed by atoms with Crippen LogP contribution in [0, 0.1) is 24.2 Å². The smallest absolute Gasteiger partial charge is 0.128 e. The van der Waals surface area contributed by atoms with Crippen molar-refractivity contribution in [3.63, 3.8) is 0 Å². The summed E-state index contributed by atoms with van der Waals surface area (Å²) in [5.41, 5.74) is 1.01. The van der Waals surface area contributed by atoms with E-state index in [2.05, 4.69) is 22.9 Å². The van der Waals surface area contributed by atoms with Crippen molar-refractivity contribution in [3.8, 4) is 6.07 Å². The second kappa shape index (κ2) is 5.35. The number of rotatable bonds is 4. The molecule has 0 fully saturated rings. The first kappa shape index (κ1) is 11.5. The fourth-order valence-electron chi connectivity index (χ4n) is 1.46. The largest absolute Gasteiger partial charge is 0.356 e. The molecule has 1 aromatic heterocycles. The highest BCUT2D eigenvalue weighted by molar-refractivity contribution is 5.39. The van der Waals surface area contributed by atoms with E-state index in [4.69, 9.17) is 5.26 Å². The predicted molar refractivity (Wildman–Crippen MR) is 61.6 cm³/mol. The van der Waals surface area contributed by atoms with E-state index < -0.39 is 0 Å². The van der Waals surface area contributed by atoms with Crippen molar-refractivity contribution in [2.45, 2.75) is 20.8 Å². The minimum Gasteiger partial charge on any atom is -0.356 e. The molecule has 0 aliphatic carbocycles. The first-order valence-corrected chi connectivity index (χ1v) is 5.25. The fraction of sp³-hybridized carbons (Fsp3) is 0.500. The molecule has 0 spiro atoms. The molecule has 0 radical (unpaired) electrons. The normalized spacial score (nSPS) is 11.9. The lowest BCUT2D eigenvalue weighted by molar-refractivity contribution is 0.679. The minimum atomic E-state index is 0.0345. The van der Waals surface area contributed by atoms with Crippen LogP contribution < -0.4 is 4.90 Å². The second-order valence-corrected chi connectivity index (χ2v) is 3.71. The van der Waals surface area contributed by atoms with Gasteiger partial charge >= 0.3 is 0 Å². The molecule has 1 heterocycles. The van der Waals surface area contributed by atoms with Crippen molar-refractivity contribution in [1.82, 2.24) is 4.98 Å². The van der Waals surface area contributed by atoms with Gasteiger partial charge in [-0.3, -0.25) is 0 Å². The van der Waals surface area contributed by atoms with E-state index in [0.29, 0.717) is 0 Å². The van der Waals surface area contributed by atoms with Gasteiger partial charge in [-0.1, -0.05) is 6.07 Å². The summed E-state index contributed by atoms with van der Waals surface area (Å²) in [5, 5.41) is 8.78. The molecule has 80 valence electrons. The molecule has 0 aliphatic heterocycles. The molecule has 0 aliphatic rings. The van der Waals surface area contributed by atoms with Gasteiger partial charge in [-0.15, -0.1) is 0 Å². The summed E-state index contributed by atoms with van der Waals surface area (Å²) in [5.74, 6) is 0.992. The average Bonchev–Trinajstić information content (AvgIpc) is 2.25. The maximum Gasteiger partial charge on any atom is 0.128 e. The lowest BCUT2D eigenvalue weighted by atomic mass is 10.2. The number of aromatic nitrogens is 1. The maximum atomic E-state index is 8.78. The Hall–Kier alpha value is -1.56. The van der Waals surface area contributed by atoms with Gasteiger partial charge < -0.3 is 4.90 Å². The number of aryl methyl sites for hydroxylation is 1. The number of pyridine rings is 1. The second-order valence-electron chi connectivity index (χ2n) is 3.71. The lowest BCUT2D eigenvalue weighted by Crippen LogP contribution is -2.28. The highest BCUT2D eigenvalue weighted by Gasteiger charge is 2.09. The van der Waals surface area contributed by atoms with Crippen LogP contribution in [0.15, 0.2) is 18.2 Å². The van der Waals surface area contributed by atoms with Crippen molar-refractivity contribution < 1.29 is 0 Å². The maximum absolute atomic E-state index is 8.78. The van der Waals surface area contributed by atoms with Crippen molar-refractivity contribution in [3.05, 3.63) is 23.9 Å². The third-order valence-corrected chi connectivity index (χ3v) is 2.29. The summed E-state index contributed by atoms with van der Waals surface area (Å²) in [6.07, 6.45) is 0. The van der Waals surface area contributed by atoms with E-state index >= 15 is 0 Å². The van der Waals surface area contributed by atoms with Crippen LogP contribution in [0.3, 0.4) is 0 Å². The number of anilines is 1. The monoisotopic (exact) mass is 203 g/mol. The summed E-state index contributed by atoms with van der Waals surface area (Å²) < 4.78 is 0. The summed E-state index contributed by atoms with van der Waals surface area (Å²) in [6.45, 7) is 7.60. The number of nitrogens with zero attached hydrogens (tertiary/aromatic N) is 3. The van der Waals surface area contributed by atoms with Gasteiger partial charge in [0, 0.05) is 18.8 Å². The molecular formula is C12H17N3. The highest BCUT2D eigenvalue weighted by Crippen LogP contribution is 2.12. The van der Waals surface area contributed by atoms with Gasteiger partial charge in [-0.05, 0) is 32.9 Å². The Balaban J connectivity index is 2.79. The summed E-state index contributed by atoms with van der Waals surface area (Å²) in [7, 11) is 0. The molecule has 1 atom stereocenters. The lowest BCUT2D eigenvalue weighted by Gasteiger charge is -2.23. The Kier molecular flexibility index (Phi) is 4.11. The van der Waals surface area contributed by atoms with Gasteiger partial charge in [0.15, 0.2) is 0 Å². The molecule has 0 saturated heterocycles. The third-order valence-electron chi connectivity index (χ3n) is 2.29. The minimum absolute atomic E-state index is 0.0345. The van der Waals surface area contributed by atoms with Gasteiger partial charge in [-0.25, -0.2) is 4.98 Å². The molecule has 0 aromatic carbocycles. The number of nitriles is 1. The molecule has 1 unspecified atom stereocenters. The Morgan fingerprint density at radius 1 is 1.53 bits per heavy atom. The fourth-order valence-corrected chi connectivity index (χ4v) is 1.46. The van der Waals surface area contributed by atoms with Gasteiger partial charge in [0.25, 0.3) is 0 Å². The van der Waals surface area contributed by atoms with Crippen molar-refractivity contribution in [2.75, 3.05) is 18.0 Å². The molecule has 3 heteroatoms. The van der Waals surface area contributed by atoms with E-state index in [1.807, 2.05) is 32.0 Å². The van der Waals surface area contributed by atoms with Crippen molar-refractivity contribution in [2.24, 2.45) is 5.92 Å². The Labute approximate surface area is 91.4 Å². The van der Waals surface area contributed by atoms with E-state index in [1.165, 1.54) is 0 Å². The Bertz CT molecular complexity index is 354. The van der Waals surface area contributed by atoms with E-state index in [-0.39, 0.29) is 5.92 Å². The molecule has 0 bridgehead atoms. The quantitative estimate of drug-likeness (QED) is 0.754. The van der Waals surface area contributed by atoms with E-state index in [9.17, 15) is 0 Å². The highest BCUT2D eigenvalue weighted by atomic mass is 15.2. The van der Waals surface area contributed by atoms with Gasteiger partial charge in [0.05, 0.1) is 12.0 Å². The summed E-state index contributed by atoms with van der Waals surface area (Å²) >= 11 is 0. The molecule has 1 aromatic rings. The SMILES string of the molecule is CCN(CC(C)C#N)c1cccc(C)n1. The topological polar surface area (TPSA) is 39.9 Å². The van der Waals surface area contributed by atoms with Crippen LogP contribution in [0.4, 0.5) is 5.82 Å². The third kappa shape index (κ3) is 3.25. The van der Waals surface area contributed by atoms with Gasteiger partial charge in [-0.2, -0.15) is 5.26 Å².